The van der Waals surface area contributed by atoms with Crippen LogP contribution in [0.5, 0.6) is 0 Å². The molecule has 0 N–H and O–H groups in total. The van der Waals surface area contributed by atoms with E-state index in [2.05, 4.69) is 51.1 Å². The Morgan fingerprint density at radius 3 is 2.05 bits per heavy atom. The first-order chi connectivity index (χ1) is 21.4. The summed E-state index contributed by atoms with van der Waals surface area (Å²) in [6.45, 7) is 10.1. The average molecular weight is 594 g/mol. The van der Waals surface area contributed by atoms with Gasteiger partial charge in [-0.15, -0.1) is 0 Å². The highest BCUT2D eigenvalue weighted by atomic mass is 16.7. The fraction of sp³-hybridized carbons (Fsp3) is 0.583. The Labute approximate surface area is 262 Å². The van der Waals surface area contributed by atoms with E-state index >= 15 is 4.79 Å². The van der Waals surface area contributed by atoms with Gasteiger partial charge < -0.3 is 23.4 Å². The van der Waals surface area contributed by atoms with Crippen molar-refractivity contribution in [2.24, 2.45) is 45.8 Å². The highest BCUT2D eigenvalue weighted by Gasteiger charge is 2.88. The molecule has 6 aliphatic rings. The standard InChI is InChI=1S/C36H44B2O6/c1-5-40-33(39)36-30(23(2)3)18-25-19-35(36,32-22-42-38(44-32)27-14-10-7-11-15-27)29-17-16-24(4)28(29)20-34(25,36)31-21-41-37(43-31)26-12-8-6-9-13-26/h6-15,18,23-25,28-29,31-32H,5,16-17,19-22H2,1-4H3/t24-,25+,28-,29-,31?,32?,34-,35-,36-/m1/s1. The van der Waals surface area contributed by atoms with Gasteiger partial charge in [0.2, 0.25) is 0 Å². The molecule has 2 aromatic rings. The highest BCUT2D eigenvalue weighted by Crippen LogP contribution is 2.85. The maximum Gasteiger partial charge on any atom is 0.494 e. The van der Waals surface area contributed by atoms with E-state index in [9.17, 15) is 0 Å². The molecular weight excluding hydrogens is 550 g/mol. The average Bonchev–Trinajstić information content (AvgIpc) is 3.86. The van der Waals surface area contributed by atoms with Crippen LogP contribution < -0.4 is 10.9 Å². The maximum atomic E-state index is 15.2. The zero-order valence-corrected chi connectivity index (χ0v) is 26.4. The number of allylic oxidation sites excluding steroid dienone is 1. The molecule has 2 heterocycles. The topological polar surface area (TPSA) is 63.2 Å². The molecule has 2 saturated heterocycles. The summed E-state index contributed by atoms with van der Waals surface area (Å²) < 4.78 is 33.3. The number of carbonyl (C=O) groups is 1. The summed E-state index contributed by atoms with van der Waals surface area (Å²) in [7, 11) is -0.887. The fourth-order valence-corrected chi connectivity index (χ4v) is 11.4. The summed E-state index contributed by atoms with van der Waals surface area (Å²) in [5.74, 6) is 1.65. The van der Waals surface area contributed by atoms with Crippen molar-refractivity contribution >= 4 is 31.1 Å². The summed E-state index contributed by atoms with van der Waals surface area (Å²) >= 11 is 0. The number of hydrogen-bond acceptors (Lipinski definition) is 6. The molecule has 0 amide bonds. The molecule has 0 radical (unpaired) electrons. The van der Waals surface area contributed by atoms with Gasteiger partial charge in [0.1, 0.15) is 5.41 Å². The monoisotopic (exact) mass is 594 g/mol. The second kappa shape index (κ2) is 10.6. The minimum Gasteiger partial charge on any atom is -0.465 e. The number of ether oxygens (including phenoxy) is 1. The molecule has 6 nitrogen and oxygen atoms in total. The Balaban J connectivity index is 1.31. The van der Waals surface area contributed by atoms with Gasteiger partial charge in [-0.05, 0) is 66.7 Å². The van der Waals surface area contributed by atoms with Crippen LogP contribution in [0.25, 0.3) is 0 Å². The molecule has 2 aromatic carbocycles. The van der Waals surface area contributed by atoms with Crippen LogP contribution >= 0.6 is 0 Å². The van der Waals surface area contributed by atoms with E-state index in [1.165, 1.54) is 12.0 Å². The minimum atomic E-state index is -0.876. The summed E-state index contributed by atoms with van der Waals surface area (Å²) in [6.07, 6.45) is 6.11. The molecule has 4 bridgehead atoms. The second-order valence-electron chi connectivity index (χ2n) is 14.6. The number of benzene rings is 2. The van der Waals surface area contributed by atoms with Crippen LogP contribution in [0, 0.1) is 45.8 Å². The van der Waals surface area contributed by atoms with Crippen molar-refractivity contribution in [1.29, 1.82) is 0 Å². The minimum absolute atomic E-state index is 0.0866. The normalized spacial score (nSPS) is 40.5. The highest BCUT2D eigenvalue weighted by molar-refractivity contribution is 6.62. The van der Waals surface area contributed by atoms with Gasteiger partial charge in [0.15, 0.2) is 0 Å². The zero-order valence-electron chi connectivity index (χ0n) is 26.4. The number of carbonyl (C=O) groups excluding carboxylic acids is 1. The molecule has 2 aliphatic heterocycles. The molecule has 230 valence electrons. The van der Waals surface area contributed by atoms with Crippen molar-refractivity contribution in [3.8, 4) is 0 Å². The summed E-state index contributed by atoms with van der Waals surface area (Å²) in [5.41, 5.74) is 1.46. The molecule has 8 rings (SSSR count). The van der Waals surface area contributed by atoms with Crippen LogP contribution in [-0.4, -0.2) is 52.2 Å². The third-order valence-corrected chi connectivity index (χ3v) is 12.7. The van der Waals surface area contributed by atoms with E-state index in [4.69, 9.17) is 23.4 Å². The van der Waals surface area contributed by atoms with Gasteiger partial charge in [-0.2, -0.15) is 0 Å². The number of hydrogen-bond donors (Lipinski definition) is 0. The van der Waals surface area contributed by atoms with Crippen LogP contribution in [0.15, 0.2) is 72.3 Å². The van der Waals surface area contributed by atoms with Crippen LogP contribution in [0.1, 0.15) is 53.4 Å². The molecule has 3 saturated carbocycles. The number of rotatable bonds is 7. The Kier molecular flexibility index (Phi) is 6.99. The lowest BCUT2D eigenvalue weighted by Gasteiger charge is -2.63. The van der Waals surface area contributed by atoms with Crippen molar-refractivity contribution in [3.63, 3.8) is 0 Å². The fourth-order valence-electron chi connectivity index (χ4n) is 11.4. The molecule has 8 heteroatoms. The molecule has 44 heavy (non-hydrogen) atoms. The largest absolute Gasteiger partial charge is 0.494 e. The van der Waals surface area contributed by atoms with Gasteiger partial charge in [-0.25, -0.2) is 0 Å². The van der Waals surface area contributed by atoms with Gasteiger partial charge in [0.25, 0.3) is 0 Å². The second-order valence-corrected chi connectivity index (χ2v) is 14.6. The van der Waals surface area contributed by atoms with Crippen molar-refractivity contribution in [2.75, 3.05) is 19.8 Å². The smallest absolute Gasteiger partial charge is 0.465 e. The molecule has 0 spiro atoms. The number of fused-ring (bicyclic) bond motifs is 2. The first-order valence-electron chi connectivity index (χ1n) is 16.9. The number of esters is 1. The molecule has 5 fully saturated rings. The van der Waals surface area contributed by atoms with E-state index in [0.717, 1.165) is 30.2 Å². The lowest BCUT2D eigenvalue weighted by Crippen LogP contribution is -2.69. The summed E-state index contributed by atoms with van der Waals surface area (Å²) in [4.78, 5) is 15.2. The molecule has 4 aliphatic carbocycles. The van der Waals surface area contributed by atoms with E-state index in [1.807, 2.05) is 43.3 Å². The van der Waals surface area contributed by atoms with Crippen molar-refractivity contribution in [3.05, 3.63) is 72.3 Å². The molecular formula is C36H44B2O6. The van der Waals surface area contributed by atoms with Gasteiger partial charge in [0, 0.05) is 10.8 Å². The van der Waals surface area contributed by atoms with Crippen LogP contribution in [-0.2, 0) is 28.1 Å². The van der Waals surface area contributed by atoms with E-state index < -0.39 is 30.5 Å². The lowest BCUT2D eigenvalue weighted by molar-refractivity contribution is -0.210. The quantitative estimate of drug-likeness (QED) is 0.261. The molecule has 9 atom stereocenters. The Bertz CT molecular complexity index is 1430. The van der Waals surface area contributed by atoms with Gasteiger partial charge in [0.05, 0.1) is 32.0 Å². The first kappa shape index (κ1) is 29.1. The van der Waals surface area contributed by atoms with Gasteiger partial charge >= 0.3 is 20.2 Å². The third-order valence-electron chi connectivity index (χ3n) is 12.7. The van der Waals surface area contributed by atoms with Crippen molar-refractivity contribution in [2.45, 2.75) is 65.6 Å². The van der Waals surface area contributed by atoms with Crippen LogP contribution in [0.3, 0.4) is 0 Å². The van der Waals surface area contributed by atoms with Crippen LogP contribution in [0.4, 0.5) is 0 Å². The Hall–Kier alpha value is -2.38. The van der Waals surface area contributed by atoms with Gasteiger partial charge in [-0.3, -0.25) is 4.79 Å². The summed E-state index contributed by atoms with van der Waals surface area (Å²) in [5, 5.41) is 0. The van der Waals surface area contributed by atoms with Gasteiger partial charge in [-0.1, -0.05) is 99.5 Å². The van der Waals surface area contributed by atoms with Crippen molar-refractivity contribution in [1.82, 2.24) is 0 Å². The SMILES string of the molecule is CCOC(=O)[C@@]12C(C(C)C)=C[C@H]3C[C@]1(C1COB(c4ccccc4)O1)[C@@H]1CC[C@@H](C)[C@H]1C[C@]32C1COB(c2ccccc2)O1. The van der Waals surface area contributed by atoms with E-state index in [-0.39, 0.29) is 30.0 Å². The Morgan fingerprint density at radius 1 is 0.886 bits per heavy atom. The predicted molar refractivity (Wildman–Crippen MR) is 170 cm³/mol. The third kappa shape index (κ3) is 3.63. The summed E-state index contributed by atoms with van der Waals surface area (Å²) in [6, 6.07) is 20.5. The molecule has 0 aromatic heterocycles. The lowest BCUT2D eigenvalue weighted by atomic mass is 9.40. The maximum absolute atomic E-state index is 15.2. The first-order valence-corrected chi connectivity index (χ1v) is 16.9. The van der Waals surface area contributed by atoms with E-state index in [0.29, 0.717) is 37.6 Å². The zero-order chi connectivity index (χ0) is 30.3. The van der Waals surface area contributed by atoms with Crippen LogP contribution in [0.2, 0.25) is 0 Å². The molecule has 2 unspecified atom stereocenters. The Morgan fingerprint density at radius 2 is 1.48 bits per heavy atom. The van der Waals surface area contributed by atoms with Crippen molar-refractivity contribution < 1.29 is 28.1 Å². The van der Waals surface area contributed by atoms with E-state index in [1.54, 1.807) is 0 Å². The predicted octanol–water partition coefficient (Wildman–Crippen LogP) is 4.81.